The third-order valence-electron chi connectivity index (χ3n) is 6.27. The number of hydrogen-bond donors (Lipinski definition) is 0. The molecule has 0 bridgehead atoms. The molecule has 0 aliphatic rings. The Hall–Kier alpha value is -3.37. The van der Waals surface area contributed by atoms with Crippen LogP contribution in [-0.2, 0) is 18.7 Å². The van der Waals surface area contributed by atoms with Crippen molar-refractivity contribution in [2.24, 2.45) is 0 Å². The molecule has 6 rings (SSSR count). The Bertz CT molecular complexity index is 1500. The summed E-state index contributed by atoms with van der Waals surface area (Å²) in [5, 5.41) is 3.09. The predicted octanol–water partition coefficient (Wildman–Crippen LogP) is 13.6. The van der Waals surface area contributed by atoms with Crippen molar-refractivity contribution < 1.29 is 8.78 Å². The van der Waals surface area contributed by atoms with Crippen molar-refractivity contribution in [3.05, 3.63) is 211 Å². The highest BCUT2D eigenvalue weighted by molar-refractivity contribution is 6.31. The Labute approximate surface area is 295 Å². The monoisotopic (exact) mass is 712 g/mol. The molecule has 0 saturated heterocycles. The van der Waals surface area contributed by atoms with Crippen LogP contribution in [0.2, 0.25) is 20.1 Å². The molecule has 0 spiro atoms. The number of rotatable bonds is 5. The highest BCUT2D eigenvalue weighted by Gasteiger charge is 1.98. The van der Waals surface area contributed by atoms with Crippen LogP contribution in [0.1, 0.15) is 27.8 Å². The van der Waals surface area contributed by atoms with Gasteiger partial charge < -0.3 is 0 Å². The van der Waals surface area contributed by atoms with Crippen molar-refractivity contribution in [3.8, 4) is 0 Å². The van der Waals surface area contributed by atoms with E-state index in [9.17, 15) is 8.78 Å². The Balaban J connectivity index is 0.000000175. The van der Waals surface area contributed by atoms with Gasteiger partial charge in [0.2, 0.25) is 0 Å². The molecule has 0 unspecified atom stereocenters. The molecule has 6 aromatic rings. The number of alkyl halides is 1. The fourth-order valence-electron chi connectivity index (χ4n) is 3.87. The summed E-state index contributed by atoms with van der Waals surface area (Å²) >= 11 is 28.3. The highest BCUT2D eigenvalue weighted by Crippen LogP contribution is 2.16. The predicted molar refractivity (Wildman–Crippen MR) is 194 cm³/mol. The van der Waals surface area contributed by atoms with Crippen LogP contribution in [0, 0.1) is 11.6 Å². The van der Waals surface area contributed by atoms with Gasteiger partial charge in [0.1, 0.15) is 11.6 Å². The van der Waals surface area contributed by atoms with Crippen molar-refractivity contribution in [2.75, 3.05) is 0 Å². The van der Waals surface area contributed by atoms with Gasteiger partial charge in [-0.15, -0.1) is 11.6 Å². The van der Waals surface area contributed by atoms with Crippen LogP contribution in [0.4, 0.5) is 8.78 Å². The third-order valence-corrected chi connectivity index (χ3v) is 7.59. The fourth-order valence-corrected chi connectivity index (χ4v) is 4.57. The van der Waals surface area contributed by atoms with Gasteiger partial charge in [-0.2, -0.15) is 0 Å². The summed E-state index contributed by atoms with van der Waals surface area (Å²) in [6.07, 6.45) is 1.61. The molecule has 7 heteroatoms. The maximum absolute atomic E-state index is 12.6. The van der Waals surface area contributed by atoms with E-state index in [-0.39, 0.29) is 11.6 Å². The zero-order valence-electron chi connectivity index (χ0n) is 24.7. The van der Waals surface area contributed by atoms with Crippen LogP contribution < -0.4 is 0 Å². The van der Waals surface area contributed by atoms with Crippen LogP contribution >= 0.6 is 58.0 Å². The van der Waals surface area contributed by atoms with Gasteiger partial charge in [0, 0.05) is 26.0 Å². The van der Waals surface area contributed by atoms with Gasteiger partial charge in [-0.3, -0.25) is 0 Å². The summed E-state index contributed by atoms with van der Waals surface area (Å²) in [5.74, 6) is 0.0766. The molecule has 0 atom stereocenters. The van der Waals surface area contributed by atoms with E-state index in [4.69, 9.17) is 58.0 Å². The maximum atomic E-state index is 12.6. The standard InChI is InChI=1S/C13H10Cl2.C13H10F2.C7H6Cl2.C6H5Cl/c2*14-12-5-1-10(2-6-12)9-11-3-7-13(15)8-4-11;8-5-6-1-3-7(9)4-2-6;7-6-4-2-1-3-5-6/h2*1-8H,9H2;1-4H,5H2;1-5H. The molecule has 0 aromatic heterocycles. The Kier molecular flexibility index (Phi) is 16.7. The van der Waals surface area contributed by atoms with Crippen molar-refractivity contribution in [3.63, 3.8) is 0 Å². The van der Waals surface area contributed by atoms with Crippen molar-refractivity contribution in [1.82, 2.24) is 0 Å². The molecule has 46 heavy (non-hydrogen) atoms. The smallest absolute Gasteiger partial charge is 0.123 e. The highest BCUT2D eigenvalue weighted by atomic mass is 35.5. The SMILES string of the molecule is ClCc1ccc(Cl)cc1.Clc1ccc(Cc2ccc(Cl)cc2)cc1.Clc1ccccc1.Fc1ccc(Cc2ccc(F)cc2)cc1. The molecule has 0 nitrogen and oxygen atoms in total. The molecule has 6 aromatic carbocycles. The van der Waals surface area contributed by atoms with Gasteiger partial charge in [-0.05, 0) is 113 Å². The Morgan fingerprint density at radius 1 is 0.326 bits per heavy atom. The second-order valence-electron chi connectivity index (χ2n) is 9.92. The minimum absolute atomic E-state index is 0.238. The van der Waals surface area contributed by atoms with Crippen molar-refractivity contribution >= 4 is 58.0 Å². The largest absolute Gasteiger partial charge is 0.207 e. The molecule has 0 amide bonds. The van der Waals surface area contributed by atoms with E-state index >= 15 is 0 Å². The third kappa shape index (κ3) is 15.3. The van der Waals surface area contributed by atoms with Gasteiger partial charge in [0.05, 0.1) is 0 Å². The molecular weight excluding hydrogens is 684 g/mol. The number of hydrogen-bond acceptors (Lipinski definition) is 0. The summed E-state index contributed by atoms with van der Waals surface area (Å²) in [7, 11) is 0. The van der Waals surface area contributed by atoms with Crippen molar-refractivity contribution in [1.29, 1.82) is 0 Å². The summed E-state index contributed by atoms with van der Waals surface area (Å²) in [6.45, 7) is 0. The van der Waals surface area contributed by atoms with Crippen LogP contribution in [0.5, 0.6) is 0 Å². The lowest BCUT2D eigenvalue weighted by Crippen LogP contribution is -1.88. The van der Waals surface area contributed by atoms with Gasteiger partial charge in [0.25, 0.3) is 0 Å². The summed E-state index contributed by atoms with van der Waals surface area (Å²) in [6, 6.07) is 45.4. The van der Waals surface area contributed by atoms with Crippen LogP contribution in [0.25, 0.3) is 0 Å². The maximum Gasteiger partial charge on any atom is 0.123 e. The Morgan fingerprint density at radius 3 is 0.848 bits per heavy atom. The number of halogens is 7. The fraction of sp³-hybridized carbons (Fsp3) is 0.0769. The van der Waals surface area contributed by atoms with E-state index in [1.54, 1.807) is 24.3 Å². The van der Waals surface area contributed by atoms with Crippen LogP contribution in [-0.4, -0.2) is 0 Å². The molecule has 0 aliphatic heterocycles. The first-order valence-electron chi connectivity index (χ1n) is 14.2. The molecule has 0 saturated carbocycles. The molecule has 0 aliphatic carbocycles. The molecule has 0 fully saturated rings. The first-order chi connectivity index (χ1) is 22.2. The zero-order valence-corrected chi connectivity index (χ0v) is 28.5. The van der Waals surface area contributed by atoms with E-state index in [1.165, 1.54) is 35.4 Å². The van der Waals surface area contributed by atoms with Gasteiger partial charge in [-0.25, -0.2) is 8.78 Å². The van der Waals surface area contributed by atoms with E-state index < -0.39 is 0 Å². The van der Waals surface area contributed by atoms with Gasteiger partial charge in [-0.1, -0.05) is 125 Å². The topological polar surface area (TPSA) is 0 Å². The van der Waals surface area contributed by atoms with Crippen LogP contribution in [0.15, 0.2) is 152 Å². The van der Waals surface area contributed by atoms with Gasteiger partial charge >= 0.3 is 0 Å². The summed E-state index contributed by atoms with van der Waals surface area (Å²) < 4.78 is 25.3. The minimum atomic E-state index is -0.238. The lowest BCUT2D eigenvalue weighted by molar-refractivity contribution is 0.627. The quantitative estimate of drug-likeness (QED) is 0.156. The molecule has 236 valence electrons. The first kappa shape index (κ1) is 37.1. The van der Waals surface area contributed by atoms with E-state index in [1.807, 2.05) is 103 Å². The second-order valence-corrected chi connectivity index (χ2v) is 11.9. The first-order valence-corrected chi connectivity index (χ1v) is 16.2. The van der Waals surface area contributed by atoms with Crippen molar-refractivity contribution in [2.45, 2.75) is 18.7 Å². The van der Waals surface area contributed by atoms with Crippen LogP contribution in [0.3, 0.4) is 0 Å². The average molecular weight is 715 g/mol. The zero-order chi connectivity index (χ0) is 33.1. The van der Waals surface area contributed by atoms with E-state index in [2.05, 4.69) is 0 Å². The lowest BCUT2D eigenvalue weighted by atomic mass is 10.1. The summed E-state index contributed by atoms with van der Waals surface area (Å²) in [4.78, 5) is 0. The second kappa shape index (κ2) is 20.7. The van der Waals surface area contributed by atoms with Gasteiger partial charge in [0.15, 0.2) is 0 Å². The molecule has 0 heterocycles. The van der Waals surface area contributed by atoms with E-state index in [0.717, 1.165) is 43.2 Å². The molecule has 0 N–H and O–H groups in total. The molecule has 0 radical (unpaired) electrons. The average Bonchev–Trinajstić information content (AvgIpc) is 3.07. The molecular formula is C39H31Cl5F2. The lowest BCUT2D eigenvalue weighted by Gasteiger charge is -2.02. The Morgan fingerprint density at radius 2 is 0.587 bits per heavy atom. The normalized spacial score (nSPS) is 9.89. The number of benzene rings is 6. The summed E-state index contributed by atoms with van der Waals surface area (Å²) in [5.41, 5.74) is 5.63. The van der Waals surface area contributed by atoms with E-state index in [0.29, 0.717) is 12.3 Å². The minimum Gasteiger partial charge on any atom is -0.207 e.